The summed E-state index contributed by atoms with van der Waals surface area (Å²) in [5.41, 5.74) is 5.47. The molecule has 2 aromatic rings. The van der Waals surface area contributed by atoms with E-state index in [0.29, 0.717) is 38.5 Å². The number of piperidine rings is 1. The van der Waals surface area contributed by atoms with Gasteiger partial charge in [0.05, 0.1) is 6.61 Å². The second-order valence-corrected chi connectivity index (χ2v) is 8.04. The number of nitrogens with zero attached hydrogens (tertiary/aromatic N) is 6. The number of hydrogen-bond acceptors (Lipinski definition) is 9. The zero-order chi connectivity index (χ0) is 19.7. The molecule has 28 heavy (non-hydrogen) atoms. The Labute approximate surface area is 165 Å². The molecule has 11 heteroatoms. The minimum atomic E-state index is -0.585. The number of aromatic nitrogens is 4. The molecule has 10 nitrogen and oxygen atoms in total. The Morgan fingerprint density at radius 3 is 2.71 bits per heavy atom. The zero-order valence-electron chi connectivity index (χ0n) is 15.4. The van der Waals surface area contributed by atoms with Crippen LogP contribution in [-0.4, -0.2) is 56.7 Å². The fourth-order valence-corrected chi connectivity index (χ4v) is 4.32. The van der Waals surface area contributed by atoms with Crippen molar-refractivity contribution in [1.82, 2.24) is 25.2 Å². The van der Waals surface area contributed by atoms with Gasteiger partial charge in [0.15, 0.2) is 0 Å². The summed E-state index contributed by atoms with van der Waals surface area (Å²) >= 11 is 1.50. The van der Waals surface area contributed by atoms with Crippen molar-refractivity contribution in [1.29, 1.82) is 0 Å². The van der Waals surface area contributed by atoms with E-state index in [-0.39, 0.29) is 23.6 Å². The maximum absolute atomic E-state index is 13.0. The molecule has 0 spiro atoms. The number of hydrogen-bond donors (Lipinski definition) is 1. The van der Waals surface area contributed by atoms with Crippen molar-refractivity contribution >= 4 is 29.1 Å². The summed E-state index contributed by atoms with van der Waals surface area (Å²) in [6.45, 7) is 3.64. The van der Waals surface area contributed by atoms with Crippen LogP contribution in [0.2, 0.25) is 0 Å². The number of carbonyl (C=O) groups is 2. The summed E-state index contributed by atoms with van der Waals surface area (Å²) in [7, 11) is 0. The summed E-state index contributed by atoms with van der Waals surface area (Å²) in [6, 6.07) is 1.33. The average Bonchev–Trinajstić information content (AvgIpc) is 3.36. The van der Waals surface area contributed by atoms with Gasteiger partial charge in [-0.05, 0) is 25.8 Å². The van der Waals surface area contributed by atoms with Gasteiger partial charge in [-0.1, -0.05) is 11.3 Å². The van der Waals surface area contributed by atoms with Gasteiger partial charge < -0.3 is 10.6 Å². The molecule has 2 aliphatic rings. The zero-order valence-corrected chi connectivity index (χ0v) is 16.3. The lowest BCUT2D eigenvalue weighted by Crippen LogP contribution is -2.42. The minimum Gasteiger partial charge on any atom is -0.364 e. The van der Waals surface area contributed by atoms with E-state index in [1.807, 2.05) is 11.8 Å². The van der Waals surface area contributed by atoms with Gasteiger partial charge in [-0.2, -0.15) is 0 Å². The molecule has 1 unspecified atom stereocenters. The van der Waals surface area contributed by atoms with E-state index >= 15 is 0 Å². The monoisotopic (exact) mass is 403 g/mol. The first kappa shape index (κ1) is 18.7. The molecular weight excluding hydrogens is 382 g/mol. The third kappa shape index (κ3) is 3.67. The van der Waals surface area contributed by atoms with Crippen molar-refractivity contribution in [3.05, 3.63) is 28.0 Å². The largest absolute Gasteiger partial charge is 0.364 e. The lowest BCUT2D eigenvalue weighted by Gasteiger charge is -2.33. The third-order valence-corrected chi connectivity index (χ3v) is 5.91. The molecule has 4 heterocycles. The molecule has 1 atom stereocenters. The second-order valence-electron chi connectivity index (χ2n) is 6.83. The molecule has 2 fully saturated rings. The fraction of sp³-hybridized carbons (Fsp3) is 0.529. The highest BCUT2D eigenvalue weighted by Crippen LogP contribution is 2.34. The van der Waals surface area contributed by atoms with Crippen LogP contribution in [0.15, 0.2) is 12.3 Å². The molecule has 4 rings (SSSR count). The maximum Gasteiger partial charge on any atom is 0.267 e. The second kappa shape index (κ2) is 7.76. The van der Waals surface area contributed by atoms with Crippen LogP contribution in [0.4, 0.5) is 5.95 Å². The van der Waals surface area contributed by atoms with Crippen molar-refractivity contribution in [2.24, 2.45) is 11.7 Å². The van der Waals surface area contributed by atoms with E-state index < -0.39 is 5.91 Å². The van der Waals surface area contributed by atoms with Gasteiger partial charge in [-0.15, -0.1) is 10.2 Å². The molecule has 0 aromatic carbocycles. The predicted octanol–water partition coefficient (Wildman–Crippen LogP) is 0.857. The molecule has 2 saturated heterocycles. The first-order valence-electron chi connectivity index (χ1n) is 9.16. The lowest BCUT2D eigenvalue weighted by atomic mass is 9.95. The molecule has 0 aliphatic carbocycles. The van der Waals surface area contributed by atoms with Crippen LogP contribution in [0.5, 0.6) is 0 Å². The third-order valence-electron chi connectivity index (χ3n) is 4.97. The number of rotatable bonds is 4. The van der Waals surface area contributed by atoms with Crippen molar-refractivity contribution in [3.63, 3.8) is 0 Å². The molecular formula is C17H21N7O3S. The van der Waals surface area contributed by atoms with Gasteiger partial charge in [-0.25, -0.2) is 15.0 Å². The summed E-state index contributed by atoms with van der Waals surface area (Å²) < 4.78 is 0. The van der Waals surface area contributed by atoms with Gasteiger partial charge in [0.25, 0.3) is 5.91 Å². The molecule has 0 bridgehead atoms. The number of nitrogens with two attached hydrogens (primary N) is 1. The van der Waals surface area contributed by atoms with Crippen molar-refractivity contribution < 1.29 is 14.4 Å². The van der Waals surface area contributed by atoms with Crippen LogP contribution < -0.4 is 10.6 Å². The van der Waals surface area contributed by atoms with Crippen LogP contribution in [-0.2, 0) is 9.63 Å². The summed E-state index contributed by atoms with van der Waals surface area (Å²) in [5.74, 6) is -0.272. The number of primary amides is 1. The smallest absolute Gasteiger partial charge is 0.267 e. The molecule has 2 N–H and O–H groups in total. The van der Waals surface area contributed by atoms with E-state index in [4.69, 9.17) is 10.6 Å². The maximum atomic E-state index is 13.0. The summed E-state index contributed by atoms with van der Waals surface area (Å²) in [4.78, 5) is 40.4. The quantitative estimate of drug-likeness (QED) is 0.796. The first-order chi connectivity index (χ1) is 13.5. The van der Waals surface area contributed by atoms with Gasteiger partial charge >= 0.3 is 0 Å². The number of hydroxylamine groups is 2. The molecule has 2 amide bonds. The fourth-order valence-electron chi connectivity index (χ4n) is 3.50. The number of carbonyl (C=O) groups excluding carboxylic acids is 2. The van der Waals surface area contributed by atoms with Crippen molar-refractivity contribution in [2.75, 3.05) is 24.6 Å². The van der Waals surface area contributed by atoms with Crippen LogP contribution >= 0.6 is 11.3 Å². The van der Waals surface area contributed by atoms with Crippen LogP contribution in [0.1, 0.15) is 45.8 Å². The lowest BCUT2D eigenvalue weighted by molar-refractivity contribution is -0.182. The number of amides is 2. The van der Waals surface area contributed by atoms with Crippen LogP contribution in [0.3, 0.4) is 0 Å². The predicted molar refractivity (Wildman–Crippen MR) is 100 cm³/mol. The van der Waals surface area contributed by atoms with E-state index in [0.717, 1.165) is 16.4 Å². The number of aryl methyl sites for hydroxylation is 1. The molecule has 0 saturated carbocycles. The van der Waals surface area contributed by atoms with Crippen molar-refractivity contribution in [3.8, 4) is 0 Å². The van der Waals surface area contributed by atoms with E-state index in [1.165, 1.54) is 28.7 Å². The van der Waals surface area contributed by atoms with Gasteiger partial charge in [-0.3, -0.25) is 14.4 Å². The Morgan fingerprint density at radius 1 is 1.25 bits per heavy atom. The van der Waals surface area contributed by atoms with Crippen LogP contribution in [0.25, 0.3) is 0 Å². The molecule has 0 radical (unpaired) electrons. The average molecular weight is 403 g/mol. The first-order valence-corrected chi connectivity index (χ1v) is 9.98. The van der Waals surface area contributed by atoms with E-state index in [1.54, 1.807) is 0 Å². The van der Waals surface area contributed by atoms with Crippen molar-refractivity contribution in [2.45, 2.75) is 32.2 Å². The summed E-state index contributed by atoms with van der Waals surface area (Å²) in [6.07, 6.45) is 3.56. The highest BCUT2D eigenvalue weighted by atomic mass is 32.1. The van der Waals surface area contributed by atoms with Crippen LogP contribution in [0, 0.1) is 12.8 Å². The standard InChI is InChI=1S/C17H21N7O3S/c1-10-21-22-15(28-10)13-5-9-27-24(13)16(26)11-3-7-23(8-4-11)17-19-6-2-12(20-17)14(18)25/h2,6,11,13H,3-5,7-9H2,1H3,(H2,18,25). The Bertz CT molecular complexity index is 881. The Morgan fingerprint density at radius 2 is 2.04 bits per heavy atom. The van der Waals surface area contributed by atoms with Gasteiger partial charge in [0.2, 0.25) is 11.9 Å². The Hall–Kier alpha value is -2.66. The SMILES string of the molecule is Cc1nnc(C2CCON2C(=O)C2CCN(c3nccc(C(N)=O)n3)CC2)s1. The number of anilines is 1. The Kier molecular flexibility index (Phi) is 5.18. The molecule has 2 aliphatic heterocycles. The summed E-state index contributed by atoms with van der Waals surface area (Å²) in [5, 5.41) is 11.4. The van der Waals surface area contributed by atoms with E-state index in [9.17, 15) is 9.59 Å². The van der Waals surface area contributed by atoms with Gasteiger partial charge in [0, 0.05) is 31.6 Å². The Balaban J connectivity index is 1.40. The highest BCUT2D eigenvalue weighted by Gasteiger charge is 2.38. The van der Waals surface area contributed by atoms with E-state index in [2.05, 4.69) is 20.2 Å². The normalized spacial score (nSPS) is 20.5. The minimum absolute atomic E-state index is 0.0122. The molecule has 2 aromatic heterocycles. The molecule has 148 valence electrons. The highest BCUT2D eigenvalue weighted by molar-refractivity contribution is 7.11. The van der Waals surface area contributed by atoms with Gasteiger partial charge in [0.1, 0.15) is 21.8 Å². The topological polar surface area (TPSA) is 127 Å².